The molecule has 0 saturated carbocycles. The zero-order chi connectivity index (χ0) is 25.0. The average molecular weight is 500 g/mol. The Hall–Kier alpha value is -2.42. The van der Waals surface area contributed by atoms with Gasteiger partial charge in [0.2, 0.25) is 5.95 Å². The van der Waals surface area contributed by atoms with Crippen LogP contribution in [0.4, 0.5) is 5.95 Å². The third-order valence-electron chi connectivity index (χ3n) is 4.78. The molecule has 1 aromatic heterocycles. The van der Waals surface area contributed by atoms with Gasteiger partial charge in [-0.05, 0) is 0 Å². The number of rotatable bonds is 20. The highest BCUT2D eigenvalue weighted by Gasteiger charge is 2.14. The van der Waals surface area contributed by atoms with E-state index in [-0.39, 0.29) is 18.9 Å². The van der Waals surface area contributed by atoms with Crippen molar-refractivity contribution in [2.45, 2.75) is 6.42 Å². The lowest BCUT2D eigenvalue weighted by molar-refractivity contribution is -0.138. The standard InChI is InChI=1S/C22H37N5O8/c28-20(29)1-7-31-9-11-33-13-15-35-16-14-34-12-10-32-8-4-24-21(30)19-17-25-22(26-18-19)27-5-2-23-3-6-27/h17-18,23H,1-16H2,(H,24,30)(H,28,29). The number of ether oxygens (including phenoxy) is 5. The number of aromatic nitrogens is 2. The number of nitrogens with zero attached hydrogens (tertiary/aromatic N) is 3. The molecule has 13 nitrogen and oxygen atoms in total. The van der Waals surface area contributed by atoms with Crippen LogP contribution in [0.5, 0.6) is 0 Å². The largest absolute Gasteiger partial charge is 0.481 e. The molecule has 2 rings (SSSR count). The molecule has 1 amide bonds. The number of amides is 1. The quantitative estimate of drug-likeness (QED) is 0.192. The van der Waals surface area contributed by atoms with Gasteiger partial charge in [-0.15, -0.1) is 0 Å². The smallest absolute Gasteiger partial charge is 0.305 e. The first-order valence-corrected chi connectivity index (χ1v) is 11.8. The molecule has 0 atom stereocenters. The van der Waals surface area contributed by atoms with E-state index in [9.17, 15) is 9.59 Å². The van der Waals surface area contributed by atoms with Crippen LogP contribution in [-0.4, -0.2) is 126 Å². The third-order valence-corrected chi connectivity index (χ3v) is 4.78. The van der Waals surface area contributed by atoms with Gasteiger partial charge in [0.1, 0.15) is 0 Å². The van der Waals surface area contributed by atoms with Gasteiger partial charge in [-0.3, -0.25) is 9.59 Å². The number of aliphatic carboxylic acids is 1. The van der Waals surface area contributed by atoms with Gasteiger partial charge in [0.05, 0.1) is 78.1 Å². The SMILES string of the molecule is O=C(O)CCOCCOCCOCCOCCOCCNC(=O)c1cnc(N2CCNCC2)nc1. The fraction of sp³-hybridized carbons (Fsp3) is 0.727. The van der Waals surface area contributed by atoms with Crippen molar-refractivity contribution in [3.63, 3.8) is 0 Å². The highest BCUT2D eigenvalue weighted by Crippen LogP contribution is 2.07. The summed E-state index contributed by atoms with van der Waals surface area (Å²) in [7, 11) is 0. The summed E-state index contributed by atoms with van der Waals surface area (Å²) >= 11 is 0. The predicted molar refractivity (Wildman–Crippen MR) is 126 cm³/mol. The van der Waals surface area contributed by atoms with Gasteiger partial charge in [-0.25, -0.2) is 9.97 Å². The maximum absolute atomic E-state index is 12.2. The Kier molecular flexibility index (Phi) is 15.5. The Labute approximate surface area is 205 Å². The molecule has 0 unspecified atom stereocenters. The number of carboxylic acids is 1. The van der Waals surface area contributed by atoms with Gasteiger partial charge in [0.15, 0.2) is 0 Å². The highest BCUT2D eigenvalue weighted by atomic mass is 16.6. The summed E-state index contributed by atoms with van der Waals surface area (Å²) in [5.41, 5.74) is 0.418. The van der Waals surface area contributed by atoms with Gasteiger partial charge in [-0.2, -0.15) is 0 Å². The van der Waals surface area contributed by atoms with Crippen LogP contribution < -0.4 is 15.5 Å². The van der Waals surface area contributed by atoms with Crippen molar-refractivity contribution in [1.82, 2.24) is 20.6 Å². The van der Waals surface area contributed by atoms with E-state index in [4.69, 9.17) is 28.8 Å². The second kappa shape index (κ2) is 18.9. The summed E-state index contributed by atoms with van der Waals surface area (Å²) in [6.45, 7) is 7.83. The maximum Gasteiger partial charge on any atom is 0.305 e. The first-order valence-electron chi connectivity index (χ1n) is 11.8. The summed E-state index contributed by atoms with van der Waals surface area (Å²) in [6, 6.07) is 0. The lowest BCUT2D eigenvalue weighted by Gasteiger charge is -2.27. The monoisotopic (exact) mass is 499 g/mol. The third kappa shape index (κ3) is 13.9. The molecule has 1 aliphatic heterocycles. The molecule has 0 aliphatic carbocycles. The number of anilines is 1. The van der Waals surface area contributed by atoms with Crippen molar-refractivity contribution in [3.8, 4) is 0 Å². The molecule has 0 bridgehead atoms. The van der Waals surface area contributed by atoms with Crippen molar-refractivity contribution < 1.29 is 38.4 Å². The minimum absolute atomic E-state index is 0.00676. The maximum atomic E-state index is 12.2. The summed E-state index contributed by atoms with van der Waals surface area (Å²) in [6.07, 6.45) is 3.08. The van der Waals surface area contributed by atoms with Gasteiger partial charge in [0, 0.05) is 45.1 Å². The van der Waals surface area contributed by atoms with E-state index in [1.54, 1.807) is 12.4 Å². The molecule has 1 saturated heterocycles. The molecule has 1 aromatic rings. The number of hydrogen-bond acceptors (Lipinski definition) is 11. The van der Waals surface area contributed by atoms with Crippen LogP contribution in [0.25, 0.3) is 0 Å². The fourth-order valence-corrected chi connectivity index (χ4v) is 2.95. The van der Waals surface area contributed by atoms with Crippen molar-refractivity contribution >= 4 is 17.8 Å². The second-order valence-corrected chi connectivity index (χ2v) is 7.47. The van der Waals surface area contributed by atoms with E-state index in [1.807, 2.05) is 0 Å². The molecule has 198 valence electrons. The number of carbonyl (C=O) groups excluding carboxylic acids is 1. The first kappa shape index (κ1) is 28.8. The van der Waals surface area contributed by atoms with Crippen LogP contribution in [0.15, 0.2) is 12.4 Å². The molecule has 3 N–H and O–H groups in total. The normalized spacial score (nSPS) is 13.7. The number of hydrogen-bond donors (Lipinski definition) is 3. The molecule has 13 heteroatoms. The second-order valence-electron chi connectivity index (χ2n) is 7.47. The van der Waals surface area contributed by atoms with Gasteiger partial charge in [-0.1, -0.05) is 0 Å². The van der Waals surface area contributed by atoms with E-state index in [1.165, 1.54) is 0 Å². The van der Waals surface area contributed by atoms with E-state index in [0.29, 0.717) is 77.5 Å². The van der Waals surface area contributed by atoms with Gasteiger partial charge < -0.3 is 44.3 Å². The topological polar surface area (TPSA) is 154 Å². The molecule has 1 aliphatic rings. The van der Waals surface area contributed by atoms with Crippen LogP contribution in [0, 0.1) is 0 Å². The molecular formula is C22H37N5O8. The van der Waals surface area contributed by atoms with Crippen LogP contribution in [0.1, 0.15) is 16.8 Å². The van der Waals surface area contributed by atoms with Crippen LogP contribution in [0.2, 0.25) is 0 Å². The van der Waals surface area contributed by atoms with Crippen LogP contribution in [-0.2, 0) is 28.5 Å². The summed E-state index contributed by atoms with van der Waals surface area (Å²) in [5, 5.41) is 14.5. The molecule has 0 aromatic carbocycles. The van der Waals surface area contributed by atoms with E-state index in [0.717, 1.165) is 26.2 Å². The van der Waals surface area contributed by atoms with Crippen molar-refractivity contribution in [2.75, 3.05) is 104 Å². The zero-order valence-electron chi connectivity index (χ0n) is 20.1. The summed E-state index contributed by atoms with van der Waals surface area (Å²) in [5.74, 6) is -0.471. The zero-order valence-corrected chi connectivity index (χ0v) is 20.1. The van der Waals surface area contributed by atoms with Gasteiger partial charge in [0.25, 0.3) is 5.91 Å². The highest BCUT2D eigenvalue weighted by molar-refractivity contribution is 5.93. The molecule has 35 heavy (non-hydrogen) atoms. The minimum atomic E-state index is -0.878. The molecule has 1 fully saturated rings. The van der Waals surface area contributed by atoms with Crippen molar-refractivity contribution in [1.29, 1.82) is 0 Å². The molecular weight excluding hydrogens is 462 g/mol. The summed E-state index contributed by atoms with van der Waals surface area (Å²) < 4.78 is 26.6. The predicted octanol–water partition coefficient (Wildman–Crippen LogP) is -0.826. The summed E-state index contributed by atoms with van der Waals surface area (Å²) in [4.78, 5) is 33.2. The van der Waals surface area contributed by atoms with Crippen LogP contribution >= 0.6 is 0 Å². The Bertz CT molecular complexity index is 704. The Morgan fingerprint density at radius 3 is 1.83 bits per heavy atom. The number of nitrogens with one attached hydrogen (secondary N) is 2. The minimum Gasteiger partial charge on any atom is -0.481 e. The number of piperazine rings is 1. The number of carbonyl (C=O) groups is 2. The van der Waals surface area contributed by atoms with E-state index >= 15 is 0 Å². The fourth-order valence-electron chi connectivity index (χ4n) is 2.95. The van der Waals surface area contributed by atoms with Gasteiger partial charge >= 0.3 is 5.97 Å². The Balaban J connectivity index is 1.34. The molecule has 0 radical (unpaired) electrons. The van der Waals surface area contributed by atoms with E-state index < -0.39 is 5.97 Å². The number of carboxylic acid groups (broad SMARTS) is 1. The van der Waals surface area contributed by atoms with Crippen molar-refractivity contribution in [2.24, 2.45) is 0 Å². The lowest BCUT2D eigenvalue weighted by atomic mass is 10.3. The Morgan fingerprint density at radius 2 is 1.31 bits per heavy atom. The molecule has 2 heterocycles. The average Bonchev–Trinajstić information content (AvgIpc) is 2.88. The Morgan fingerprint density at radius 1 is 0.829 bits per heavy atom. The molecule has 0 spiro atoms. The van der Waals surface area contributed by atoms with Crippen LogP contribution in [0.3, 0.4) is 0 Å². The van der Waals surface area contributed by atoms with E-state index in [2.05, 4.69) is 25.5 Å². The first-order chi connectivity index (χ1) is 17.2. The lowest BCUT2D eigenvalue weighted by Crippen LogP contribution is -2.44. The van der Waals surface area contributed by atoms with Crippen molar-refractivity contribution in [3.05, 3.63) is 18.0 Å².